The van der Waals surface area contributed by atoms with Crippen molar-refractivity contribution in [3.8, 4) is 11.1 Å². The quantitative estimate of drug-likeness (QED) is 0.862. The second-order valence-electron chi connectivity index (χ2n) is 5.55. The number of rotatable bonds is 6. The van der Waals surface area contributed by atoms with E-state index in [-0.39, 0.29) is 17.9 Å². The van der Waals surface area contributed by atoms with E-state index in [0.717, 1.165) is 16.7 Å². The average molecular weight is 297 g/mol. The van der Waals surface area contributed by atoms with Gasteiger partial charge in [-0.25, -0.2) is 0 Å². The van der Waals surface area contributed by atoms with Crippen molar-refractivity contribution in [3.05, 3.63) is 54.4 Å². The Hall–Kier alpha value is -2.20. The summed E-state index contributed by atoms with van der Waals surface area (Å²) < 4.78 is 0. The molecule has 2 atom stereocenters. The molecule has 1 heterocycles. The number of pyridine rings is 1. The molecule has 0 fully saturated rings. The van der Waals surface area contributed by atoms with Crippen molar-refractivity contribution >= 4 is 5.91 Å². The van der Waals surface area contributed by atoms with Gasteiger partial charge in [0.05, 0.1) is 6.04 Å². The minimum Gasteiger partial charge on any atom is -0.349 e. The number of carbonyl (C=O) groups excluding carboxylic acids is 1. The van der Waals surface area contributed by atoms with Gasteiger partial charge in [0.2, 0.25) is 5.91 Å². The summed E-state index contributed by atoms with van der Waals surface area (Å²) in [7, 11) is 1.85. The lowest BCUT2D eigenvalue weighted by Gasteiger charge is -2.18. The molecule has 2 unspecified atom stereocenters. The minimum atomic E-state index is -0.0397. The SMILES string of the molecule is CNCC(C)C(=O)NC(C)c1ccc(-c2cccnc2)cc1. The number of amides is 1. The van der Waals surface area contributed by atoms with E-state index in [2.05, 4.69) is 39.9 Å². The lowest BCUT2D eigenvalue weighted by atomic mass is 10.0. The number of benzene rings is 1. The zero-order chi connectivity index (χ0) is 15.9. The molecular formula is C18H23N3O. The molecule has 4 nitrogen and oxygen atoms in total. The Morgan fingerprint density at radius 1 is 1.14 bits per heavy atom. The van der Waals surface area contributed by atoms with E-state index in [1.165, 1.54) is 0 Å². The second-order valence-corrected chi connectivity index (χ2v) is 5.55. The summed E-state index contributed by atoms with van der Waals surface area (Å²) in [6, 6.07) is 12.2. The molecule has 0 aliphatic heterocycles. The van der Waals surface area contributed by atoms with Crippen LogP contribution in [-0.2, 0) is 4.79 Å². The van der Waals surface area contributed by atoms with Crippen LogP contribution >= 0.6 is 0 Å². The van der Waals surface area contributed by atoms with Gasteiger partial charge in [-0.15, -0.1) is 0 Å². The highest BCUT2D eigenvalue weighted by Gasteiger charge is 2.15. The standard InChI is InChI=1S/C18H23N3O/c1-13(11-19-3)18(22)21-14(2)15-6-8-16(9-7-15)17-5-4-10-20-12-17/h4-10,12-14,19H,11H2,1-3H3,(H,21,22). The van der Waals surface area contributed by atoms with Crippen LogP contribution in [-0.4, -0.2) is 24.5 Å². The van der Waals surface area contributed by atoms with Gasteiger partial charge < -0.3 is 10.6 Å². The lowest BCUT2D eigenvalue weighted by Crippen LogP contribution is -2.35. The fourth-order valence-electron chi connectivity index (χ4n) is 2.34. The average Bonchev–Trinajstić information content (AvgIpc) is 2.56. The highest BCUT2D eigenvalue weighted by molar-refractivity contribution is 5.79. The van der Waals surface area contributed by atoms with Crippen molar-refractivity contribution in [3.63, 3.8) is 0 Å². The molecule has 1 aromatic heterocycles. The fraction of sp³-hybridized carbons (Fsp3) is 0.333. The molecule has 0 bridgehead atoms. The fourth-order valence-corrected chi connectivity index (χ4v) is 2.34. The molecule has 0 aliphatic rings. The summed E-state index contributed by atoms with van der Waals surface area (Å²) in [5.41, 5.74) is 3.31. The van der Waals surface area contributed by atoms with Crippen molar-refractivity contribution in [2.75, 3.05) is 13.6 Å². The van der Waals surface area contributed by atoms with E-state index in [4.69, 9.17) is 0 Å². The number of nitrogens with zero attached hydrogens (tertiary/aromatic N) is 1. The van der Waals surface area contributed by atoms with Crippen LogP contribution in [0.2, 0.25) is 0 Å². The Labute approximate surface area is 132 Å². The first-order chi connectivity index (χ1) is 10.6. The number of hydrogen-bond acceptors (Lipinski definition) is 3. The zero-order valence-corrected chi connectivity index (χ0v) is 13.3. The first-order valence-corrected chi connectivity index (χ1v) is 7.57. The third-order valence-corrected chi connectivity index (χ3v) is 3.72. The second kappa shape index (κ2) is 7.71. The normalized spacial score (nSPS) is 13.4. The van der Waals surface area contributed by atoms with Crippen LogP contribution in [0.4, 0.5) is 0 Å². The topological polar surface area (TPSA) is 54.0 Å². The number of hydrogen-bond donors (Lipinski definition) is 2. The first kappa shape index (κ1) is 16.2. The van der Waals surface area contributed by atoms with Gasteiger partial charge in [-0.3, -0.25) is 9.78 Å². The van der Waals surface area contributed by atoms with Crippen LogP contribution in [0.15, 0.2) is 48.8 Å². The molecule has 2 N–H and O–H groups in total. The predicted molar refractivity (Wildman–Crippen MR) is 89.3 cm³/mol. The maximum absolute atomic E-state index is 12.0. The van der Waals surface area contributed by atoms with Gasteiger partial charge in [-0.2, -0.15) is 0 Å². The molecule has 0 saturated heterocycles. The minimum absolute atomic E-state index is 0.00486. The summed E-state index contributed by atoms with van der Waals surface area (Å²) in [5.74, 6) is 0.0281. The van der Waals surface area contributed by atoms with Gasteiger partial charge in [0, 0.05) is 24.9 Å². The Morgan fingerprint density at radius 3 is 2.45 bits per heavy atom. The maximum Gasteiger partial charge on any atom is 0.224 e. The molecule has 0 spiro atoms. The Morgan fingerprint density at radius 2 is 1.86 bits per heavy atom. The summed E-state index contributed by atoms with van der Waals surface area (Å²) in [6.45, 7) is 4.60. The van der Waals surface area contributed by atoms with Gasteiger partial charge in [0.1, 0.15) is 0 Å². The van der Waals surface area contributed by atoms with Gasteiger partial charge in [-0.05, 0) is 36.7 Å². The van der Waals surface area contributed by atoms with Gasteiger partial charge in [0.15, 0.2) is 0 Å². The van der Waals surface area contributed by atoms with Crippen LogP contribution < -0.4 is 10.6 Å². The highest BCUT2D eigenvalue weighted by Crippen LogP contribution is 2.21. The molecule has 116 valence electrons. The third-order valence-electron chi connectivity index (χ3n) is 3.72. The van der Waals surface area contributed by atoms with E-state index >= 15 is 0 Å². The zero-order valence-electron chi connectivity index (χ0n) is 13.3. The van der Waals surface area contributed by atoms with Crippen LogP contribution in [0.1, 0.15) is 25.5 Å². The van der Waals surface area contributed by atoms with Crippen molar-refractivity contribution in [2.24, 2.45) is 5.92 Å². The third kappa shape index (κ3) is 4.15. The van der Waals surface area contributed by atoms with Crippen LogP contribution in [0.3, 0.4) is 0 Å². The van der Waals surface area contributed by atoms with Gasteiger partial charge >= 0.3 is 0 Å². The van der Waals surface area contributed by atoms with E-state index in [1.54, 1.807) is 6.20 Å². The molecule has 4 heteroatoms. The summed E-state index contributed by atoms with van der Waals surface area (Å²) in [5, 5.41) is 6.07. The molecule has 0 radical (unpaired) electrons. The Balaban J connectivity index is 2.02. The van der Waals surface area contributed by atoms with Crippen molar-refractivity contribution < 1.29 is 4.79 Å². The molecule has 22 heavy (non-hydrogen) atoms. The smallest absolute Gasteiger partial charge is 0.224 e. The van der Waals surface area contributed by atoms with E-state index in [0.29, 0.717) is 6.54 Å². The largest absolute Gasteiger partial charge is 0.349 e. The molecule has 2 rings (SSSR count). The molecule has 1 amide bonds. The lowest BCUT2D eigenvalue weighted by molar-refractivity contribution is -0.125. The van der Waals surface area contributed by atoms with E-state index in [1.807, 2.05) is 39.2 Å². The summed E-state index contributed by atoms with van der Waals surface area (Å²) >= 11 is 0. The van der Waals surface area contributed by atoms with Crippen LogP contribution in [0.5, 0.6) is 0 Å². The molecule has 1 aromatic carbocycles. The van der Waals surface area contributed by atoms with E-state index < -0.39 is 0 Å². The molecule has 2 aromatic rings. The molecular weight excluding hydrogens is 274 g/mol. The summed E-state index contributed by atoms with van der Waals surface area (Å²) in [6.07, 6.45) is 3.61. The first-order valence-electron chi connectivity index (χ1n) is 7.57. The highest BCUT2D eigenvalue weighted by atomic mass is 16.1. The van der Waals surface area contributed by atoms with Gasteiger partial charge in [-0.1, -0.05) is 37.3 Å². The monoisotopic (exact) mass is 297 g/mol. The molecule has 0 saturated carbocycles. The number of nitrogens with one attached hydrogen (secondary N) is 2. The Kier molecular flexibility index (Phi) is 5.67. The van der Waals surface area contributed by atoms with Crippen LogP contribution in [0.25, 0.3) is 11.1 Å². The van der Waals surface area contributed by atoms with Crippen molar-refractivity contribution in [2.45, 2.75) is 19.9 Å². The number of aromatic nitrogens is 1. The number of carbonyl (C=O) groups is 1. The maximum atomic E-state index is 12.0. The van der Waals surface area contributed by atoms with E-state index in [9.17, 15) is 4.79 Å². The van der Waals surface area contributed by atoms with Gasteiger partial charge in [0.25, 0.3) is 0 Å². The van der Waals surface area contributed by atoms with Crippen molar-refractivity contribution in [1.29, 1.82) is 0 Å². The molecule has 0 aliphatic carbocycles. The summed E-state index contributed by atoms with van der Waals surface area (Å²) in [4.78, 5) is 16.2. The predicted octanol–water partition coefficient (Wildman–Crippen LogP) is 2.78. The Bertz CT molecular complexity index is 595. The van der Waals surface area contributed by atoms with Crippen molar-refractivity contribution in [1.82, 2.24) is 15.6 Å². The van der Waals surface area contributed by atoms with Crippen LogP contribution in [0, 0.1) is 5.92 Å².